The quantitative estimate of drug-likeness (QED) is 0.861. The first kappa shape index (κ1) is 14.8. The van der Waals surface area contributed by atoms with Gasteiger partial charge in [-0.15, -0.1) is 0 Å². The molecule has 2 rings (SSSR count). The molecule has 1 saturated heterocycles. The van der Waals surface area contributed by atoms with Gasteiger partial charge in [-0.1, -0.05) is 0 Å². The first-order valence-corrected chi connectivity index (χ1v) is 6.17. The Morgan fingerprint density at radius 2 is 1.80 bits per heavy atom. The first-order valence-electron chi connectivity index (χ1n) is 6.17. The van der Waals surface area contributed by atoms with Crippen molar-refractivity contribution in [1.29, 1.82) is 0 Å². The third-order valence-electron chi connectivity index (χ3n) is 3.25. The Kier molecular flexibility index (Phi) is 4.61. The summed E-state index contributed by atoms with van der Waals surface area (Å²) < 4.78 is 44.7. The van der Waals surface area contributed by atoms with Crippen molar-refractivity contribution in [3.05, 3.63) is 35.1 Å². The van der Waals surface area contributed by atoms with Gasteiger partial charge in [0.1, 0.15) is 0 Å². The van der Waals surface area contributed by atoms with Gasteiger partial charge >= 0.3 is 5.97 Å². The lowest BCUT2D eigenvalue weighted by atomic mass is 10.0. The van der Waals surface area contributed by atoms with Crippen LogP contribution >= 0.6 is 0 Å². The average molecular weight is 289 g/mol. The Morgan fingerprint density at radius 3 is 2.30 bits per heavy atom. The fraction of sp³-hybridized carbons (Fsp3) is 0.462. The Morgan fingerprint density at radius 1 is 1.25 bits per heavy atom. The summed E-state index contributed by atoms with van der Waals surface area (Å²) in [5, 5.41) is 8.95. The summed E-state index contributed by atoms with van der Waals surface area (Å²) in [5.41, 5.74) is 0.116. The van der Waals surface area contributed by atoms with Crippen molar-refractivity contribution in [2.24, 2.45) is 0 Å². The topological polar surface area (TPSA) is 49.8 Å². The Balaban J connectivity index is 2.32. The van der Waals surface area contributed by atoms with Crippen molar-refractivity contribution in [3.63, 3.8) is 0 Å². The molecule has 1 heterocycles. The summed E-state index contributed by atoms with van der Waals surface area (Å²) in [5.74, 6) is -5.27. The van der Waals surface area contributed by atoms with E-state index in [0.29, 0.717) is 26.3 Å². The minimum Gasteiger partial charge on any atom is -0.481 e. The summed E-state index contributed by atoms with van der Waals surface area (Å²) in [6.07, 6.45) is -0.315. The van der Waals surface area contributed by atoms with Gasteiger partial charge in [-0.2, -0.15) is 0 Å². The Bertz CT molecular complexity index is 481. The summed E-state index contributed by atoms with van der Waals surface area (Å²) in [7, 11) is 0. The van der Waals surface area contributed by atoms with E-state index in [0.717, 1.165) is 12.1 Å². The Labute approximate surface area is 113 Å². The van der Waals surface area contributed by atoms with E-state index in [1.165, 1.54) is 0 Å². The molecule has 0 radical (unpaired) electrons. The van der Waals surface area contributed by atoms with Gasteiger partial charge in [0, 0.05) is 19.1 Å². The van der Waals surface area contributed by atoms with Gasteiger partial charge in [-0.3, -0.25) is 9.69 Å². The second-order valence-electron chi connectivity index (χ2n) is 4.56. The van der Waals surface area contributed by atoms with Crippen molar-refractivity contribution in [2.45, 2.75) is 12.5 Å². The molecular formula is C13H14F3NO3. The van der Waals surface area contributed by atoms with Crippen LogP contribution in [0, 0.1) is 17.5 Å². The predicted molar refractivity (Wildman–Crippen MR) is 63.7 cm³/mol. The van der Waals surface area contributed by atoms with Gasteiger partial charge in [-0.25, -0.2) is 13.2 Å². The number of benzene rings is 1. The van der Waals surface area contributed by atoms with E-state index in [4.69, 9.17) is 9.84 Å². The van der Waals surface area contributed by atoms with Crippen LogP contribution in [0.25, 0.3) is 0 Å². The number of hydrogen-bond acceptors (Lipinski definition) is 3. The summed E-state index contributed by atoms with van der Waals surface area (Å²) in [6.45, 7) is 1.75. The minimum atomic E-state index is -1.55. The molecule has 1 atom stereocenters. The van der Waals surface area contributed by atoms with Crippen LogP contribution in [0.2, 0.25) is 0 Å². The van der Waals surface area contributed by atoms with Crippen LogP contribution in [0.15, 0.2) is 12.1 Å². The molecule has 1 aliphatic rings. The van der Waals surface area contributed by atoms with Gasteiger partial charge in [0.25, 0.3) is 0 Å². The number of rotatable bonds is 4. The molecule has 1 fully saturated rings. The maximum Gasteiger partial charge on any atom is 0.305 e. The van der Waals surface area contributed by atoms with Gasteiger partial charge in [0.15, 0.2) is 17.5 Å². The molecule has 1 N–H and O–H groups in total. The van der Waals surface area contributed by atoms with Crippen molar-refractivity contribution < 1.29 is 27.8 Å². The van der Waals surface area contributed by atoms with E-state index >= 15 is 0 Å². The molecule has 1 aromatic carbocycles. The van der Waals surface area contributed by atoms with E-state index in [9.17, 15) is 18.0 Å². The third-order valence-corrected chi connectivity index (χ3v) is 3.25. The molecule has 0 bridgehead atoms. The number of hydrogen-bond donors (Lipinski definition) is 1. The summed E-state index contributed by atoms with van der Waals surface area (Å²) >= 11 is 0. The van der Waals surface area contributed by atoms with Crippen molar-refractivity contribution in [1.82, 2.24) is 4.90 Å². The largest absolute Gasteiger partial charge is 0.481 e. The molecular weight excluding hydrogens is 275 g/mol. The molecule has 0 aromatic heterocycles. The molecule has 1 unspecified atom stereocenters. The number of aliphatic carboxylic acids is 1. The normalized spacial score (nSPS) is 17.9. The van der Waals surface area contributed by atoms with Crippen LogP contribution in [-0.2, 0) is 9.53 Å². The minimum absolute atomic E-state index is 0.116. The lowest BCUT2D eigenvalue weighted by Gasteiger charge is -2.34. The van der Waals surface area contributed by atoms with E-state index in [1.807, 2.05) is 0 Å². The number of morpholine rings is 1. The molecule has 1 aliphatic heterocycles. The summed E-state index contributed by atoms with van der Waals surface area (Å²) in [6, 6.07) is 0.990. The van der Waals surface area contributed by atoms with Crippen LogP contribution in [0.5, 0.6) is 0 Å². The first-order chi connectivity index (χ1) is 9.49. The van der Waals surface area contributed by atoms with Crippen LogP contribution in [-0.4, -0.2) is 42.3 Å². The maximum atomic E-state index is 13.3. The lowest BCUT2D eigenvalue weighted by Crippen LogP contribution is -2.40. The zero-order chi connectivity index (χ0) is 14.7. The highest BCUT2D eigenvalue weighted by Gasteiger charge is 2.26. The molecule has 110 valence electrons. The highest BCUT2D eigenvalue weighted by atomic mass is 19.2. The monoisotopic (exact) mass is 289 g/mol. The highest BCUT2D eigenvalue weighted by molar-refractivity contribution is 5.68. The van der Waals surface area contributed by atoms with Crippen LogP contribution < -0.4 is 0 Å². The molecule has 1 aromatic rings. The number of carbonyl (C=O) groups is 1. The molecule has 0 spiro atoms. The number of ether oxygens (including phenoxy) is 1. The van der Waals surface area contributed by atoms with Crippen molar-refractivity contribution in [2.75, 3.05) is 26.3 Å². The van der Waals surface area contributed by atoms with Gasteiger partial charge in [0.05, 0.1) is 19.6 Å². The number of carboxylic acids is 1. The van der Waals surface area contributed by atoms with E-state index in [-0.39, 0.29) is 12.0 Å². The average Bonchev–Trinajstić information content (AvgIpc) is 2.42. The molecule has 4 nitrogen and oxygen atoms in total. The smallest absolute Gasteiger partial charge is 0.305 e. The van der Waals surface area contributed by atoms with E-state index in [1.54, 1.807) is 4.90 Å². The number of nitrogens with zero attached hydrogens (tertiary/aromatic N) is 1. The van der Waals surface area contributed by atoms with Gasteiger partial charge in [0.2, 0.25) is 0 Å². The standard InChI is InChI=1S/C13H14F3NO3/c14-9-5-8(6-10(15)13(9)16)11(7-12(18)19)17-1-3-20-4-2-17/h5-6,11H,1-4,7H2,(H,18,19). The van der Waals surface area contributed by atoms with E-state index in [2.05, 4.69) is 0 Å². The maximum absolute atomic E-state index is 13.3. The molecule has 0 saturated carbocycles. The van der Waals surface area contributed by atoms with Crippen molar-refractivity contribution >= 4 is 5.97 Å². The third kappa shape index (κ3) is 3.29. The van der Waals surface area contributed by atoms with Crippen LogP contribution in [0.3, 0.4) is 0 Å². The Hall–Kier alpha value is -1.60. The summed E-state index contributed by atoms with van der Waals surface area (Å²) in [4.78, 5) is 12.7. The molecule has 0 amide bonds. The second kappa shape index (κ2) is 6.23. The SMILES string of the molecule is O=C(O)CC(c1cc(F)c(F)c(F)c1)N1CCOCC1. The van der Waals surface area contributed by atoms with E-state index < -0.39 is 29.5 Å². The van der Waals surface area contributed by atoms with Crippen molar-refractivity contribution in [3.8, 4) is 0 Å². The zero-order valence-electron chi connectivity index (χ0n) is 10.6. The predicted octanol–water partition coefficient (Wildman–Crippen LogP) is 1.95. The molecule has 0 aliphatic carbocycles. The van der Waals surface area contributed by atoms with Crippen LogP contribution in [0.4, 0.5) is 13.2 Å². The second-order valence-corrected chi connectivity index (χ2v) is 4.56. The fourth-order valence-electron chi connectivity index (χ4n) is 2.28. The number of carboxylic acid groups (broad SMARTS) is 1. The van der Waals surface area contributed by atoms with Gasteiger partial charge < -0.3 is 9.84 Å². The fourth-order valence-corrected chi connectivity index (χ4v) is 2.28. The molecule has 20 heavy (non-hydrogen) atoms. The van der Waals surface area contributed by atoms with Crippen LogP contribution in [0.1, 0.15) is 18.0 Å². The lowest BCUT2D eigenvalue weighted by molar-refractivity contribution is -0.139. The van der Waals surface area contributed by atoms with Gasteiger partial charge in [-0.05, 0) is 17.7 Å². The molecule has 7 heteroatoms. The zero-order valence-corrected chi connectivity index (χ0v) is 10.6. The number of halogens is 3. The highest BCUT2D eigenvalue weighted by Crippen LogP contribution is 2.27.